The molecule has 0 spiro atoms. The topological polar surface area (TPSA) is 62.5 Å². The molecule has 0 saturated heterocycles. The fourth-order valence-electron chi connectivity index (χ4n) is 2.35. The van der Waals surface area contributed by atoms with E-state index in [-0.39, 0.29) is 24.4 Å². The van der Waals surface area contributed by atoms with Gasteiger partial charge in [0.05, 0.1) is 5.56 Å². The first-order valence-electron chi connectivity index (χ1n) is 7.13. The summed E-state index contributed by atoms with van der Waals surface area (Å²) in [4.78, 5) is 25.0. The predicted octanol–water partition coefficient (Wildman–Crippen LogP) is 2.60. The van der Waals surface area contributed by atoms with Crippen molar-refractivity contribution in [1.29, 1.82) is 0 Å². The van der Waals surface area contributed by atoms with Crippen molar-refractivity contribution in [2.45, 2.75) is 39.0 Å². The number of carboxylic acid groups (broad SMARTS) is 1. The molecule has 0 aliphatic carbocycles. The number of aliphatic carboxylic acids is 1. The number of rotatable bonds is 6. The highest BCUT2D eigenvalue weighted by Gasteiger charge is 2.35. The lowest BCUT2D eigenvalue weighted by Crippen LogP contribution is -2.33. The molecule has 5 nitrogen and oxygen atoms in total. The Morgan fingerprint density at radius 1 is 1.35 bits per heavy atom. The molecular formula is C15H21F3N2O3. The van der Waals surface area contributed by atoms with Crippen molar-refractivity contribution in [2.75, 3.05) is 14.1 Å². The van der Waals surface area contributed by atoms with E-state index < -0.39 is 29.3 Å². The van der Waals surface area contributed by atoms with Gasteiger partial charge in [-0.25, -0.2) is 4.79 Å². The molecule has 1 aromatic rings. The lowest BCUT2D eigenvalue weighted by atomic mass is 10.0. The monoisotopic (exact) mass is 334 g/mol. The van der Waals surface area contributed by atoms with Crippen LogP contribution in [0.25, 0.3) is 0 Å². The van der Waals surface area contributed by atoms with Gasteiger partial charge in [0.15, 0.2) is 0 Å². The maximum absolute atomic E-state index is 13.1. The van der Waals surface area contributed by atoms with Gasteiger partial charge in [0.25, 0.3) is 5.56 Å². The van der Waals surface area contributed by atoms with Crippen LogP contribution in [-0.4, -0.2) is 34.6 Å². The first-order chi connectivity index (χ1) is 10.4. The highest BCUT2D eigenvalue weighted by molar-refractivity contribution is 5.71. The van der Waals surface area contributed by atoms with Crippen LogP contribution in [0.3, 0.4) is 0 Å². The molecule has 23 heavy (non-hydrogen) atoms. The van der Waals surface area contributed by atoms with E-state index in [0.29, 0.717) is 6.07 Å². The molecule has 1 aromatic heterocycles. The number of nitrogens with zero attached hydrogens (tertiary/aromatic N) is 2. The molecule has 0 bridgehead atoms. The number of hydrogen-bond donors (Lipinski definition) is 1. The Labute approximate surface area is 132 Å². The van der Waals surface area contributed by atoms with Crippen molar-refractivity contribution in [3.8, 4) is 0 Å². The molecule has 0 saturated carbocycles. The average molecular weight is 334 g/mol. The van der Waals surface area contributed by atoms with Crippen LogP contribution in [0.2, 0.25) is 0 Å². The largest absolute Gasteiger partial charge is 0.480 e. The Bertz CT molecular complexity index is 621. The Balaban J connectivity index is 3.50. The summed E-state index contributed by atoms with van der Waals surface area (Å²) in [6.07, 6.45) is -3.49. The molecule has 8 heteroatoms. The lowest BCUT2D eigenvalue weighted by molar-refractivity contribution is -0.141. The van der Waals surface area contributed by atoms with Gasteiger partial charge in [0.2, 0.25) is 0 Å². The van der Waals surface area contributed by atoms with Crippen LogP contribution in [0.4, 0.5) is 13.2 Å². The summed E-state index contributed by atoms with van der Waals surface area (Å²) < 4.78 is 40.2. The van der Waals surface area contributed by atoms with Gasteiger partial charge in [-0.05, 0) is 32.0 Å². The van der Waals surface area contributed by atoms with E-state index in [1.54, 1.807) is 27.9 Å². The minimum Gasteiger partial charge on any atom is -0.480 e. The third kappa shape index (κ3) is 5.09. The second kappa shape index (κ2) is 7.16. The van der Waals surface area contributed by atoms with Gasteiger partial charge >= 0.3 is 12.1 Å². The Kier molecular flexibility index (Phi) is 5.98. The summed E-state index contributed by atoms with van der Waals surface area (Å²) in [7, 11) is 3.19. The van der Waals surface area contributed by atoms with Crippen LogP contribution in [0.15, 0.2) is 17.1 Å². The van der Waals surface area contributed by atoms with E-state index in [9.17, 15) is 27.9 Å². The normalized spacial score (nSPS) is 13.6. The van der Waals surface area contributed by atoms with Crippen LogP contribution in [0, 0.1) is 5.92 Å². The number of carbonyl (C=O) groups is 1. The number of aromatic nitrogens is 1. The van der Waals surface area contributed by atoms with Crippen molar-refractivity contribution in [2.24, 2.45) is 5.92 Å². The summed E-state index contributed by atoms with van der Waals surface area (Å²) in [5.74, 6) is -1.26. The molecule has 1 atom stereocenters. The molecule has 0 radical (unpaired) electrons. The molecule has 1 unspecified atom stereocenters. The van der Waals surface area contributed by atoms with Crippen molar-refractivity contribution in [3.63, 3.8) is 0 Å². The zero-order chi connectivity index (χ0) is 17.9. The lowest BCUT2D eigenvalue weighted by Gasteiger charge is -2.22. The first-order valence-corrected chi connectivity index (χ1v) is 7.13. The summed E-state index contributed by atoms with van der Waals surface area (Å²) in [5, 5.41) is 9.31. The standard InChI is InChI=1S/C15H21F3N2O3/c1-9(2)5-12(14(22)23)20-8-10(7-19(3)4)11(6-13(20)21)15(16,17)18/h6,8-9,12H,5,7H2,1-4H3,(H,22,23). The molecule has 0 amide bonds. The van der Waals surface area contributed by atoms with Crippen molar-refractivity contribution in [1.82, 2.24) is 9.47 Å². The van der Waals surface area contributed by atoms with Crippen LogP contribution in [-0.2, 0) is 17.5 Å². The average Bonchev–Trinajstić information content (AvgIpc) is 2.35. The summed E-state index contributed by atoms with van der Waals surface area (Å²) >= 11 is 0. The quantitative estimate of drug-likeness (QED) is 0.869. The fraction of sp³-hybridized carbons (Fsp3) is 0.600. The minimum absolute atomic E-state index is 0.0254. The van der Waals surface area contributed by atoms with Gasteiger partial charge < -0.3 is 14.6 Å². The molecule has 0 aliphatic heterocycles. The van der Waals surface area contributed by atoms with E-state index in [0.717, 1.165) is 10.8 Å². The third-order valence-electron chi connectivity index (χ3n) is 3.27. The van der Waals surface area contributed by atoms with Crippen molar-refractivity contribution < 1.29 is 23.1 Å². The van der Waals surface area contributed by atoms with E-state index in [1.165, 1.54) is 4.90 Å². The molecule has 0 fully saturated rings. The van der Waals surface area contributed by atoms with Gasteiger partial charge in [-0.2, -0.15) is 13.2 Å². The molecule has 0 aliphatic rings. The number of pyridine rings is 1. The molecule has 0 aromatic carbocycles. The van der Waals surface area contributed by atoms with Gasteiger partial charge in [-0.15, -0.1) is 0 Å². The number of halogens is 3. The molecular weight excluding hydrogens is 313 g/mol. The van der Waals surface area contributed by atoms with Crippen LogP contribution in [0.5, 0.6) is 0 Å². The van der Waals surface area contributed by atoms with Gasteiger partial charge in [-0.1, -0.05) is 13.8 Å². The zero-order valence-electron chi connectivity index (χ0n) is 13.5. The van der Waals surface area contributed by atoms with E-state index >= 15 is 0 Å². The second-order valence-electron chi connectivity index (χ2n) is 6.18. The SMILES string of the molecule is CC(C)CC(C(=O)O)n1cc(CN(C)C)c(C(F)(F)F)cc1=O. The highest BCUT2D eigenvalue weighted by Crippen LogP contribution is 2.32. The second-order valence-corrected chi connectivity index (χ2v) is 6.18. The summed E-state index contributed by atoms with van der Waals surface area (Å²) in [6.45, 7) is 3.51. The molecule has 1 rings (SSSR count). The van der Waals surface area contributed by atoms with E-state index in [1.807, 2.05) is 0 Å². The number of alkyl halides is 3. The maximum atomic E-state index is 13.1. The fourth-order valence-corrected chi connectivity index (χ4v) is 2.35. The highest BCUT2D eigenvalue weighted by atomic mass is 19.4. The number of hydrogen-bond acceptors (Lipinski definition) is 3. The van der Waals surface area contributed by atoms with Crippen molar-refractivity contribution >= 4 is 5.97 Å². The van der Waals surface area contributed by atoms with Gasteiger partial charge in [0, 0.05) is 18.8 Å². The van der Waals surface area contributed by atoms with Crippen LogP contribution >= 0.6 is 0 Å². The van der Waals surface area contributed by atoms with Crippen molar-refractivity contribution in [3.05, 3.63) is 33.7 Å². The Hall–Kier alpha value is -1.83. The Morgan fingerprint density at radius 2 is 1.91 bits per heavy atom. The molecule has 1 N–H and O–H groups in total. The number of carboxylic acids is 1. The molecule has 130 valence electrons. The summed E-state index contributed by atoms with van der Waals surface area (Å²) in [6, 6.07) is -0.708. The molecule has 1 heterocycles. The first kappa shape index (κ1) is 19.2. The van der Waals surface area contributed by atoms with Gasteiger partial charge in [0.1, 0.15) is 6.04 Å². The third-order valence-corrected chi connectivity index (χ3v) is 3.27. The van der Waals surface area contributed by atoms with E-state index in [2.05, 4.69) is 0 Å². The zero-order valence-corrected chi connectivity index (χ0v) is 13.5. The summed E-state index contributed by atoms with van der Waals surface area (Å²) in [5.41, 5.74) is -2.12. The minimum atomic E-state index is -4.67. The predicted molar refractivity (Wildman–Crippen MR) is 79.2 cm³/mol. The van der Waals surface area contributed by atoms with E-state index in [4.69, 9.17) is 0 Å². The Morgan fingerprint density at radius 3 is 2.30 bits per heavy atom. The van der Waals surface area contributed by atoms with Crippen LogP contribution < -0.4 is 5.56 Å². The maximum Gasteiger partial charge on any atom is 0.416 e. The smallest absolute Gasteiger partial charge is 0.416 e. The van der Waals surface area contributed by atoms with Crippen LogP contribution in [0.1, 0.15) is 37.4 Å². The van der Waals surface area contributed by atoms with Gasteiger partial charge in [-0.3, -0.25) is 4.79 Å².